The van der Waals surface area contributed by atoms with E-state index in [0.29, 0.717) is 4.85 Å². The highest BCUT2D eigenvalue weighted by atomic mass is 16.5. The number of hydrogen-bond donors (Lipinski definition) is 2. The van der Waals surface area contributed by atoms with Crippen molar-refractivity contribution < 1.29 is 5.21 Å². The summed E-state index contributed by atoms with van der Waals surface area (Å²) in [5.41, 5.74) is 5.22. The third-order valence-electron chi connectivity index (χ3n) is 0.833. The van der Waals surface area contributed by atoms with Crippen molar-refractivity contribution in [3.05, 3.63) is 11.8 Å². The maximum absolute atomic E-state index is 8.60. The van der Waals surface area contributed by atoms with Gasteiger partial charge < -0.3 is 10.9 Å². The summed E-state index contributed by atoms with van der Waals surface area (Å²) in [5.74, 6) is 0.0616. The minimum atomic E-state index is 0.0616. The first-order chi connectivity index (χ1) is 4.24. The first-order valence-corrected chi connectivity index (χ1v) is 2.19. The molecule has 1 rings (SSSR count). The summed E-state index contributed by atoms with van der Waals surface area (Å²) >= 11 is 0. The van der Waals surface area contributed by atoms with Gasteiger partial charge in [-0.2, -0.15) is 5.26 Å². The molecule has 5 nitrogen and oxygen atoms in total. The van der Waals surface area contributed by atoms with Crippen molar-refractivity contribution in [2.75, 3.05) is 5.73 Å². The molecule has 0 atom stereocenters. The van der Waals surface area contributed by atoms with Gasteiger partial charge in [-0.05, 0) is 0 Å². The highest BCUT2D eigenvalue weighted by Gasteiger charge is 1.99. The van der Waals surface area contributed by atoms with Gasteiger partial charge in [0.05, 0.1) is 0 Å². The monoisotopic (exact) mass is 124 g/mol. The van der Waals surface area contributed by atoms with E-state index < -0.39 is 0 Å². The minimum absolute atomic E-state index is 0.0616. The molecule has 0 saturated heterocycles. The Morgan fingerprint density at radius 2 is 2.56 bits per heavy atom. The Balaban J connectivity index is 3.16. The number of hydrogen-bond acceptors (Lipinski definition) is 4. The van der Waals surface area contributed by atoms with Gasteiger partial charge in [0.1, 0.15) is 6.07 Å². The predicted molar refractivity (Wildman–Crippen MR) is 28.5 cm³/mol. The summed E-state index contributed by atoms with van der Waals surface area (Å²) in [5, 5.41) is 20.1. The van der Waals surface area contributed by atoms with Gasteiger partial charge in [0.15, 0.2) is 11.5 Å². The third kappa shape index (κ3) is 0.770. The van der Waals surface area contributed by atoms with Crippen LogP contribution < -0.4 is 5.73 Å². The molecular formula is C4H4N4O. The lowest BCUT2D eigenvalue weighted by molar-refractivity contribution is 0.154. The Morgan fingerprint density at radius 1 is 1.89 bits per heavy atom. The number of anilines is 1. The molecule has 0 radical (unpaired) electrons. The molecule has 0 aromatic carbocycles. The van der Waals surface area contributed by atoms with Crippen molar-refractivity contribution in [1.82, 2.24) is 9.94 Å². The Kier molecular flexibility index (Phi) is 1.01. The highest BCUT2D eigenvalue weighted by Crippen LogP contribution is 2.00. The van der Waals surface area contributed by atoms with Crippen molar-refractivity contribution in [2.24, 2.45) is 0 Å². The molecular weight excluding hydrogens is 120 g/mol. The van der Waals surface area contributed by atoms with Crippen molar-refractivity contribution in [3.63, 3.8) is 0 Å². The second-order valence-electron chi connectivity index (χ2n) is 1.46. The number of rotatable bonds is 0. The van der Waals surface area contributed by atoms with Crippen LogP contribution in [0, 0.1) is 11.3 Å². The van der Waals surface area contributed by atoms with Gasteiger partial charge >= 0.3 is 0 Å². The topological polar surface area (TPSA) is 87.9 Å². The molecule has 9 heavy (non-hydrogen) atoms. The van der Waals surface area contributed by atoms with Crippen LogP contribution in [0.1, 0.15) is 5.69 Å². The van der Waals surface area contributed by atoms with Gasteiger partial charge in [-0.1, -0.05) is 4.85 Å². The molecule has 0 unspecified atom stereocenters. The Hall–Kier alpha value is -1.70. The van der Waals surface area contributed by atoms with Crippen LogP contribution >= 0.6 is 0 Å². The fraction of sp³-hybridized carbons (Fsp3) is 0. The number of nitriles is 1. The molecule has 0 aliphatic rings. The first-order valence-electron chi connectivity index (χ1n) is 2.19. The third-order valence-corrected chi connectivity index (χ3v) is 0.833. The van der Waals surface area contributed by atoms with Crippen molar-refractivity contribution in [1.29, 1.82) is 5.26 Å². The van der Waals surface area contributed by atoms with Gasteiger partial charge in [0, 0.05) is 6.07 Å². The predicted octanol–water partition coefficient (Wildman–Crippen LogP) is -0.426. The average Bonchev–Trinajstić information content (AvgIpc) is 2.13. The SMILES string of the molecule is N#Cc1cc(N)n(O)n1. The van der Waals surface area contributed by atoms with Crippen molar-refractivity contribution in [3.8, 4) is 6.07 Å². The van der Waals surface area contributed by atoms with E-state index in [4.69, 9.17) is 16.2 Å². The molecule has 1 aromatic heterocycles. The lowest BCUT2D eigenvalue weighted by Crippen LogP contribution is -1.98. The summed E-state index contributed by atoms with van der Waals surface area (Å²) in [4.78, 5) is 0.457. The first kappa shape index (κ1) is 5.44. The maximum Gasteiger partial charge on any atom is 0.168 e. The van der Waals surface area contributed by atoms with Crippen LogP contribution in [0.3, 0.4) is 0 Å². The van der Waals surface area contributed by atoms with Gasteiger partial charge in [-0.15, -0.1) is 5.10 Å². The van der Waals surface area contributed by atoms with Crippen LogP contribution in [0.2, 0.25) is 0 Å². The summed E-state index contributed by atoms with van der Waals surface area (Å²) < 4.78 is 0. The molecule has 0 aliphatic heterocycles. The van der Waals surface area contributed by atoms with Gasteiger partial charge in [-0.3, -0.25) is 0 Å². The second kappa shape index (κ2) is 1.67. The molecule has 0 spiro atoms. The second-order valence-corrected chi connectivity index (χ2v) is 1.46. The molecule has 0 fully saturated rings. The normalized spacial score (nSPS) is 8.78. The smallest absolute Gasteiger partial charge is 0.168 e. The zero-order valence-corrected chi connectivity index (χ0v) is 4.44. The van der Waals surface area contributed by atoms with Gasteiger partial charge in [0.25, 0.3) is 0 Å². The van der Waals surface area contributed by atoms with E-state index in [1.54, 1.807) is 6.07 Å². The maximum atomic E-state index is 8.60. The number of nitrogens with two attached hydrogens (primary N) is 1. The molecule has 1 heterocycles. The zero-order chi connectivity index (χ0) is 6.85. The van der Waals surface area contributed by atoms with Crippen LogP contribution in [-0.2, 0) is 0 Å². The largest absolute Gasteiger partial charge is 0.410 e. The quantitative estimate of drug-likeness (QED) is 0.459. The summed E-state index contributed by atoms with van der Waals surface area (Å²) in [6.45, 7) is 0. The van der Waals surface area contributed by atoms with Crippen LogP contribution in [0.5, 0.6) is 0 Å². The molecule has 46 valence electrons. The average molecular weight is 124 g/mol. The van der Waals surface area contributed by atoms with Crippen LogP contribution in [0.4, 0.5) is 5.82 Å². The van der Waals surface area contributed by atoms with Gasteiger partial charge in [-0.25, -0.2) is 0 Å². The highest BCUT2D eigenvalue weighted by molar-refractivity contribution is 5.35. The number of nitrogen functional groups attached to an aromatic ring is 1. The standard InChI is InChI=1S/C4H4N4O/c5-2-3-1-4(6)8(9)7-3/h1,9H,6H2. The number of aromatic nitrogens is 2. The van der Waals surface area contributed by atoms with Crippen LogP contribution in [0.25, 0.3) is 0 Å². The molecule has 3 N–H and O–H groups in total. The fourth-order valence-corrected chi connectivity index (χ4v) is 0.441. The Bertz CT molecular complexity index is 239. The Labute approximate surface area is 50.9 Å². The molecule has 0 aliphatic carbocycles. The van der Waals surface area contributed by atoms with E-state index in [1.165, 1.54) is 6.07 Å². The van der Waals surface area contributed by atoms with E-state index in [-0.39, 0.29) is 11.5 Å². The fourth-order valence-electron chi connectivity index (χ4n) is 0.441. The van der Waals surface area contributed by atoms with E-state index in [1.807, 2.05) is 0 Å². The summed E-state index contributed by atoms with van der Waals surface area (Å²) in [7, 11) is 0. The van der Waals surface area contributed by atoms with E-state index in [2.05, 4.69) is 5.10 Å². The zero-order valence-electron chi connectivity index (χ0n) is 4.44. The molecule has 0 saturated carbocycles. The lowest BCUT2D eigenvalue weighted by Gasteiger charge is -1.85. The van der Waals surface area contributed by atoms with E-state index in [9.17, 15) is 0 Å². The number of nitrogens with zero attached hydrogens (tertiary/aromatic N) is 3. The molecule has 0 bridgehead atoms. The van der Waals surface area contributed by atoms with Crippen molar-refractivity contribution >= 4 is 5.82 Å². The van der Waals surface area contributed by atoms with Crippen LogP contribution in [-0.4, -0.2) is 15.2 Å². The molecule has 5 heteroatoms. The van der Waals surface area contributed by atoms with E-state index >= 15 is 0 Å². The molecule has 1 aromatic rings. The molecule has 0 amide bonds. The van der Waals surface area contributed by atoms with Gasteiger partial charge in [0.2, 0.25) is 0 Å². The Morgan fingerprint density at radius 3 is 2.78 bits per heavy atom. The van der Waals surface area contributed by atoms with Crippen molar-refractivity contribution in [2.45, 2.75) is 0 Å². The lowest BCUT2D eigenvalue weighted by atomic mass is 10.5. The van der Waals surface area contributed by atoms with E-state index in [0.717, 1.165) is 0 Å². The van der Waals surface area contributed by atoms with Crippen LogP contribution in [0.15, 0.2) is 6.07 Å². The summed E-state index contributed by atoms with van der Waals surface area (Å²) in [6.07, 6.45) is 0. The summed E-state index contributed by atoms with van der Waals surface area (Å²) in [6, 6.07) is 2.99. The minimum Gasteiger partial charge on any atom is -0.410 e.